The Balaban J connectivity index is 1.89. The minimum absolute atomic E-state index is 0.817. The molecule has 0 saturated carbocycles. The van der Waals surface area contributed by atoms with Crippen molar-refractivity contribution in [1.29, 1.82) is 0 Å². The fourth-order valence-corrected chi connectivity index (χ4v) is 2.76. The lowest BCUT2D eigenvalue weighted by atomic mass is 10.1. The summed E-state index contributed by atoms with van der Waals surface area (Å²) in [6.07, 6.45) is 0. The van der Waals surface area contributed by atoms with E-state index in [2.05, 4.69) is 72.7 Å². The zero-order chi connectivity index (χ0) is 14.8. The van der Waals surface area contributed by atoms with E-state index in [9.17, 15) is 0 Å². The van der Waals surface area contributed by atoms with Crippen molar-refractivity contribution in [2.45, 2.75) is 27.3 Å². The molecule has 2 nitrogen and oxygen atoms in total. The maximum atomic E-state index is 4.66. The maximum Gasteiger partial charge on any atom is 0.0936 e. The SMILES string of the molecule is Cc1cc(C)cc(CNc2cccc3ccc(C)nc23)c1. The highest BCUT2D eigenvalue weighted by Crippen LogP contribution is 2.22. The summed E-state index contributed by atoms with van der Waals surface area (Å²) in [5, 5.41) is 4.70. The van der Waals surface area contributed by atoms with Gasteiger partial charge in [0, 0.05) is 17.6 Å². The molecule has 0 amide bonds. The number of aromatic nitrogens is 1. The van der Waals surface area contributed by atoms with Crippen molar-refractivity contribution in [3.63, 3.8) is 0 Å². The van der Waals surface area contributed by atoms with Crippen LogP contribution in [0.2, 0.25) is 0 Å². The molecule has 2 heteroatoms. The Morgan fingerprint density at radius 2 is 1.67 bits per heavy atom. The summed E-state index contributed by atoms with van der Waals surface area (Å²) in [6, 6.07) is 17.1. The molecule has 1 N–H and O–H groups in total. The molecule has 0 aliphatic rings. The molecule has 0 unspecified atom stereocenters. The summed E-state index contributed by atoms with van der Waals surface area (Å²) >= 11 is 0. The van der Waals surface area contributed by atoms with E-state index < -0.39 is 0 Å². The van der Waals surface area contributed by atoms with E-state index >= 15 is 0 Å². The molecule has 1 aromatic heterocycles. The van der Waals surface area contributed by atoms with Crippen LogP contribution in [0.4, 0.5) is 5.69 Å². The quantitative estimate of drug-likeness (QED) is 0.745. The van der Waals surface area contributed by atoms with Gasteiger partial charge < -0.3 is 5.32 Å². The van der Waals surface area contributed by atoms with Gasteiger partial charge in [0.2, 0.25) is 0 Å². The summed E-state index contributed by atoms with van der Waals surface area (Å²) < 4.78 is 0. The molecule has 0 radical (unpaired) electrons. The van der Waals surface area contributed by atoms with Crippen molar-refractivity contribution >= 4 is 16.6 Å². The molecule has 0 spiro atoms. The molecule has 0 fully saturated rings. The van der Waals surface area contributed by atoms with Crippen LogP contribution in [0.5, 0.6) is 0 Å². The van der Waals surface area contributed by atoms with E-state index in [1.165, 1.54) is 22.1 Å². The van der Waals surface area contributed by atoms with Crippen molar-refractivity contribution in [1.82, 2.24) is 4.98 Å². The Labute approximate surface area is 125 Å². The number of hydrogen-bond donors (Lipinski definition) is 1. The van der Waals surface area contributed by atoms with Gasteiger partial charge >= 0.3 is 0 Å². The number of pyridine rings is 1. The van der Waals surface area contributed by atoms with E-state index in [0.29, 0.717) is 0 Å². The van der Waals surface area contributed by atoms with E-state index in [1.807, 2.05) is 6.92 Å². The number of nitrogens with one attached hydrogen (secondary N) is 1. The fourth-order valence-electron chi connectivity index (χ4n) is 2.76. The number of para-hydroxylation sites is 1. The molecule has 0 bridgehead atoms. The Kier molecular flexibility index (Phi) is 3.61. The van der Waals surface area contributed by atoms with Crippen LogP contribution >= 0.6 is 0 Å². The first-order chi connectivity index (χ1) is 10.1. The molecule has 106 valence electrons. The van der Waals surface area contributed by atoms with Gasteiger partial charge in [-0.3, -0.25) is 4.98 Å². The molecular formula is C19H20N2. The van der Waals surface area contributed by atoms with Crippen LogP contribution in [-0.2, 0) is 6.54 Å². The van der Waals surface area contributed by atoms with Crippen molar-refractivity contribution in [3.05, 3.63) is 70.9 Å². The predicted octanol–water partition coefficient (Wildman–Crippen LogP) is 4.77. The van der Waals surface area contributed by atoms with Crippen LogP contribution < -0.4 is 5.32 Å². The predicted molar refractivity (Wildman–Crippen MR) is 89.7 cm³/mol. The Morgan fingerprint density at radius 1 is 0.905 bits per heavy atom. The second-order valence-corrected chi connectivity index (χ2v) is 5.68. The van der Waals surface area contributed by atoms with E-state index in [1.54, 1.807) is 0 Å². The van der Waals surface area contributed by atoms with Gasteiger partial charge in [0.05, 0.1) is 11.2 Å². The average Bonchev–Trinajstić information content (AvgIpc) is 2.44. The average molecular weight is 276 g/mol. The first-order valence-corrected chi connectivity index (χ1v) is 7.29. The first kappa shape index (κ1) is 13.6. The van der Waals surface area contributed by atoms with Crippen LogP contribution in [0, 0.1) is 20.8 Å². The summed E-state index contributed by atoms with van der Waals surface area (Å²) in [6.45, 7) is 7.12. The number of aryl methyl sites for hydroxylation is 3. The first-order valence-electron chi connectivity index (χ1n) is 7.29. The van der Waals surface area contributed by atoms with E-state index in [0.717, 1.165) is 23.4 Å². The number of anilines is 1. The van der Waals surface area contributed by atoms with Crippen molar-refractivity contribution in [2.24, 2.45) is 0 Å². The third kappa shape index (κ3) is 3.05. The molecule has 3 aromatic rings. The third-order valence-corrected chi connectivity index (χ3v) is 3.62. The standard InChI is InChI=1S/C19H20N2/c1-13-9-14(2)11-16(10-13)12-20-18-6-4-5-17-8-7-15(3)21-19(17)18/h4-11,20H,12H2,1-3H3. The van der Waals surface area contributed by atoms with Crippen molar-refractivity contribution in [3.8, 4) is 0 Å². The van der Waals surface area contributed by atoms with Gasteiger partial charge in [0.25, 0.3) is 0 Å². The van der Waals surface area contributed by atoms with Crippen molar-refractivity contribution in [2.75, 3.05) is 5.32 Å². The number of hydrogen-bond acceptors (Lipinski definition) is 2. The van der Waals surface area contributed by atoms with Crippen LogP contribution in [-0.4, -0.2) is 4.98 Å². The molecule has 0 aliphatic heterocycles. The number of nitrogens with zero attached hydrogens (tertiary/aromatic N) is 1. The minimum Gasteiger partial charge on any atom is -0.379 e. The second-order valence-electron chi connectivity index (χ2n) is 5.68. The molecule has 21 heavy (non-hydrogen) atoms. The highest BCUT2D eigenvalue weighted by Gasteiger charge is 2.03. The molecule has 0 atom stereocenters. The van der Waals surface area contributed by atoms with E-state index in [4.69, 9.17) is 0 Å². The van der Waals surface area contributed by atoms with Crippen LogP contribution in [0.1, 0.15) is 22.4 Å². The molecule has 3 rings (SSSR count). The van der Waals surface area contributed by atoms with E-state index in [-0.39, 0.29) is 0 Å². The fraction of sp³-hybridized carbons (Fsp3) is 0.211. The molecule has 2 aromatic carbocycles. The molecule has 0 saturated heterocycles. The maximum absolute atomic E-state index is 4.66. The molecule has 0 aliphatic carbocycles. The second kappa shape index (κ2) is 5.57. The lowest BCUT2D eigenvalue weighted by molar-refractivity contribution is 1.13. The van der Waals surface area contributed by atoms with Gasteiger partial charge in [0.15, 0.2) is 0 Å². The summed E-state index contributed by atoms with van der Waals surface area (Å²) in [5.74, 6) is 0. The van der Waals surface area contributed by atoms with Gasteiger partial charge in [-0.2, -0.15) is 0 Å². The van der Waals surface area contributed by atoms with Crippen LogP contribution in [0.3, 0.4) is 0 Å². The number of rotatable bonds is 3. The van der Waals surface area contributed by atoms with Gasteiger partial charge in [-0.1, -0.05) is 47.5 Å². The van der Waals surface area contributed by atoms with Gasteiger partial charge in [-0.15, -0.1) is 0 Å². The largest absolute Gasteiger partial charge is 0.379 e. The molecular weight excluding hydrogens is 256 g/mol. The normalized spacial score (nSPS) is 10.8. The Bertz CT molecular complexity index is 770. The monoisotopic (exact) mass is 276 g/mol. The van der Waals surface area contributed by atoms with Gasteiger partial charge in [0.1, 0.15) is 0 Å². The zero-order valence-electron chi connectivity index (χ0n) is 12.8. The summed E-state index contributed by atoms with van der Waals surface area (Å²) in [5.41, 5.74) is 7.09. The van der Waals surface area contributed by atoms with Crippen LogP contribution in [0.15, 0.2) is 48.5 Å². The van der Waals surface area contributed by atoms with Crippen molar-refractivity contribution < 1.29 is 0 Å². The summed E-state index contributed by atoms with van der Waals surface area (Å²) in [7, 11) is 0. The molecule has 1 heterocycles. The van der Waals surface area contributed by atoms with Gasteiger partial charge in [-0.25, -0.2) is 0 Å². The van der Waals surface area contributed by atoms with Crippen LogP contribution in [0.25, 0.3) is 10.9 Å². The third-order valence-electron chi connectivity index (χ3n) is 3.62. The number of fused-ring (bicyclic) bond motifs is 1. The Morgan fingerprint density at radius 3 is 2.43 bits per heavy atom. The minimum atomic E-state index is 0.817. The Hall–Kier alpha value is -2.35. The number of benzene rings is 2. The van der Waals surface area contributed by atoms with Gasteiger partial charge in [-0.05, 0) is 38.5 Å². The topological polar surface area (TPSA) is 24.9 Å². The smallest absolute Gasteiger partial charge is 0.0936 e. The highest BCUT2D eigenvalue weighted by atomic mass is 14.9. The lowest BCUT2D eigenvalue weighted by Crippen LogP contribution is -2.01. The summed E-state index contributed by atoms with van der Waals surface area (Å²) in [4.78, 5) is 4.66. The zero-order valence-corrected chi connectivity index (χ0v) is 12.8. The highest BCUT2D eigenvalue weighted by molar-refractivity contribution is 5.90. The lowest BCUT2D eigenvalue weighted by Gasteiger charge is -2.11.